The minimum atomic E-state index is -1.13. The van der Waals surface area contributed by atoms with Gasteiger partial charge in [-0.3, -0.25) is 0 Å². The number of carbonyl (C=O) groups is 1. The van der Waals surface area contributed by atoms with Gasteiger partial charge in [0.05, 0.1) is 7.11 Å². The number of nitrogens with one attached hydrogen (secondary N) is 1. The first-order valence-electron chi connectivity index (χ1n) is 5.98. The molecule has 1 aliphatic heterocycles. The maximum atomic E-state index is 11.0. The number of methoxy groups -OCH3 is 1. The molecule has 0 aliphatic carbocycles. The number of phenols is 1. The third-order valence-corrected chi connectivity index (χ3v) is 3.26. The fraction of sp³-hybridized carbons (Fsp3) is 0.462. The predicted octanol–water partition coefficient (Wildman–Crippen LogP) is 1.39. The fourth-order valence-corrected chi connectivity index (χ4v) is 2.33. The molecule has 1 aliphatic rings. The number of carboxylic acid groups (broad SMARTS) is 1. The molecule has 1 aromatic carbocycles. The van der Waals surface area contributed by atoms with Gasteiger partial charge in [-0.25, -0.2) is 4.79 Å². The normalized spacial score (nSPS) is 18.8. The van der Waals surface area contributed by atoms with Crippen molar-refractivity contribution in [2.24, 2.45) is 0 Å². The van der Waals surface area contributed by atoms with Gasteiger partial charge in [0.15, 0.2) is 0 Å². The van der Waals surface area contributed by atoms with Crippen molar-refractivity contribution in [3.8, 4) is 11.5 Å². The Morgan fingerprint density at radius 2 is 2.33 bits per heavy atom. The van der Waals surface area contributed by atoms with Crippen LogP contribution in [0, 0.1) is 0 Å². The summed E-state index contributed by atoms with van der Waals surface area (Å²) in [6.07, 6.45) is 2.92. The highest BCUT2D eigenvalue weighted by atomic mass is 16.5. The number of carboxylic acids is 1. The minimum absolute atomic E-state index is 0.0798. The summed E-state index contributed by atoms with van der Waals surface area (Å²) in [5, 5.41) is 22.0. The van der Waals surface area contributed by atoms with E-state index in [1.165, 1.54) is 19.2 Å². The monoisotopic (exact) mass is 251 g/mol. The third kappa shape index (κ3) is 2.56. The van der Waals surface area contributed by atoms with Crippen LogP contribution in [0.4, 0.5) is 0 Å². The Balaban J connectivity index is 2.30. The average Bonchev–Trinajstić information content (AvgIpc) is 2.83. The molecule has 18 heavy (non-hydrogen) atoms. The topological polar surface area (TPSA) is 78.8 Å². The molecule has 98 valence electrons. The molecule has 5 nitrogen and oxygen atoms in total. The van der Waals surface area contributed by atoms with Gasteiger partial charge < -0.3 is 20.3 Å². The Kier molecular flexibility index (Phi) is 3.72. The van der Waals surface area contributed by atoms with E-state index >= 15 is 0 Å². The van der Waals surface area contributed by atoms with E-state index in [4.69, 9.17) is 9.84 Å². The molecule has 5 heteroatoms. The van der Waals surface area contributed by atoms with Crippen molar-refractivity contribution >= 4 is 5.97 Å². The number of rotatable bonds is 4. The smallest absolute Gasteiger partial charge is 0.339 e. The quantitative estimate of drug-likeness (QED) is 0.753. The Morgan fingerprint density at radius 3 is 2.89 bits per heavy atom. The standard InChI is InChI=1S/C13H17NO4/c1-18-12-7-11(15)10(13(16)17)6-8(12)5-9-3-2-4-14-9/h6-7,9,14-15H,2-5H2,1H3,(H,16,17). The minimum Gasteiger partial charge on any atom is -0.507 e. The lowest BCUT2D eigenvalue weighted by molar-refractivity contribution is 0.0693. The van der Waals surface area contributed by atoms with Crippen LogP contribution in [-0.2, 0) is 6.42 Å². The third-order valence-electron chi connectivity index (χ3n) is 3.26. The molecular weight excluding hydrogens is 234 g/mol. The van der Waals surface area contributed by atoms with Crippen LogP contribution in [0.2, 0.25) is 0 Å². The molecular formula is C13H17NO4. The van der Waals surface area contributed by atoms with Crippen LogP contribution in [0.15, 0.2) is 12.1 Å². The number of ether oxygens (including phenoxy) is 1. The van der Waals surface area contributed by atoms with Gasteiger partial charge in [-0.15, -0.1) is 0 Å². The van der Waals surface area contributed by atoms with Gasteiger partial charge in [-0.2, -0.15) is 0 Å². The van der Waals surface area contributed by atoms with E-state index in [1.54, 1.807) is 0 Å². The highest BCUT2D eigenvalue weighted by Crippen LogP contribution is 2.30. The first-order chi connectivity index (χ1) is 8.61. The first kappa shape index (κ1) is 12.7. The summed E-state index contributed by atoms with van der Waals surface area (Å²) < 4.78 is 5.19. The van der Waals surface area contributed by atoms with Crippen LogP contribution >= 0.6 is 0 Å². The van der Waals surface area contributed by atoms with Crippen molar-refractivity contribution in [3.63, 3.8) is 0 Å². The van der Waals surface area contributed by atoms with Crippen molar-refractivity contribution in [2.45, 2.75) is 25.3 Å². The number of aromatic hydroxyl groups is 1. The molecule has 1 saturated heterocycles. The second-order valence-corrected chi connectivity index (χ2v) is 4.48. The molecule has 0 aromatic heterocycles. The van der Waals surface area contributed by atoms with E-state index in [0.717, 1.165) is 24.9 Å². The molecule has 0 spiro atoms. The molecule has 2 rings (SSSR count). The Hall–Kier alpha value is -1.75. The molecule has 1 heterocycles. The van der Waals surface area contributed by atoms with Gasteiger partial charge in [0.1, 0.15) is 17.1 Å². The summed E-state index contributed by atoms with van der Waals surface area (Å²) in [6.45, 7) is 0.997. The van der Waals surface area contributed by atoms with Gasteiger partial charge in [0, 0.05) is 12.1 Å². The zero-order chi connectivity index (χ0) is 13.1. The fourth-order valence-electron chi connectivity index (χ4n) is 2.33. The molecule has 1 unspecified atom stereocenters. The van der Waals surface area contributed by atoms with E-state index in [9.17, 15) is 9.90 Å². The van der Waals surface area contributed by atoms with Crippen LogP contribution in [0.3, 0.4) is 0 Å². The lowest BCUT2D eigenvalue weighted by Crippen LogP contribution is -2.24. The van der Waals surface area contributed by atoms with Crippen LogP contribution in [-0.4, -0.2) is 35.9 Å². The molecule has 0 saturated carbocycles. The van der Waals surface area contributed by atoms with Crippen LogP contribution in [0.5, 0.6) is 11.5 Å². The highest BCUT2D eigenvalue weighted by molar-refractivity contribution is 5.91. The van der Waals surface area contributed by atoms with Gasteiger partial charge >= 0.3 is 5.97 Å². The van der Waals surface area contributed by atoms with E-state index in [2.05, 4.69) is 5.32 Å². The molecule has 1 fully saturated rings. The maximum Gasteiger partial charge on any atom is 0.339 e. The van der Waals surface area contributed by atoms with Gasteiger partial charge in [-0.05, 0) is 37.4 Å². The Labute approximate surface area is 105 Å². The van der Waals surface area contributed by atoms with Gasteiger partial charge in [0.25, 0.3) is 0 Å². The zero-order valence-electron chi connectivity index (χ0n) is 10.3. The van der Waals surface area contributed by atoms with Crippen molar-refractivity contribution in [2.75, 3.05) is 13.7 Å². The largest absolute Gasteiger partial charge is 0.507 e. The Bertz CT molecular complexity index is 453. The predicted molar refractivity (Wildman–Crippen MR) is 66.3 cm³/mol. The maximum absolute atomic E-state index is 11.0. The molecule has 3 N–H and O–H groups in total. The number of hydrogen-bond acceptors (Lipinski definition) is 4. The lowest BCUT2D eigenvalue weighted by Gasteiger charge is -2.15. The molecule has 0 bridgehead atoms. The van der Waals surface area contributed by atoms with E-state index in [1.807, 2.05) is 0 Å². The molecule has 0 radical (unpaired) electrons. The van der Waals surface area contributed by atoms with E-state index in [0.29, 0.717) is 18.2 Å². The summed E-state index contributed by atoms with van der Waals surface area (Å²) >= 11 is 0. The summed E-state index contributed by atoms with van der Waals surface area (Å²) in [7, 11) is 1.51. The second-order valence-electron chi connectivity index (χ2n) is 4.48. The summed E-state index contributed by atoms with van der Waals surface area (Å²) in [5.41, 5.74) is 0.732. The number of benzene rings is 1. The summed E-state index contributed by atoms with van der Waals surface area (Å²) in [6, 6.07) is 3.22. The van der Waals surface area contributed by atoms with Crippen LogP contribution < -0.4 is 10.1 Å². The van der Waals surface area contributed by atoms with Gasteiger partial charge in [0.2, 0.25) is 0 Å². The lowest BCUT2D eigenvalue weighted by atomic mass is 10.0. The first-order valence-corrected chi connectivity index (χ1v) is 5.98. The zero-order valence-corrected chi connectivity index (χ0v) is 10.3. The van der Waals surface area contributed by atoms with E-state index < -0.39 is 5.97 Å². The van der Waals surface area contributed by atoms with Crippen molar-refractivity contribution in [3.05, 3.63) is 23.3 Å². The average molecular weight is 251 g/mol. The van der Waals surface area contributed by atoms with Crippen molar-refractivity contribution < 1.29 is 19.7 Å². The molecule has 1 aromatic rings. The molecule has 0 amide bonds. The molecule has 1 atom stereocenters. The second kappa shape index (κ2) is 5.27. The highest BCUT2D eigenvalue weighted by Gasteiger charge is 2.20. The summed E-state index contributed by atoms with van der Waals surface area (Å²) in [4.78, 5) is 11.0. The van der Waals surface area contributed by atoms with Crippen molar-refractivity contribution in [1.82, 2.24) is 5.32 Å². The number of aromatic carboxylic acids is 1. The summed E-state index contributed by atoms with van der Waals surface area (Å²) in [5.74, 6) is -0.857. The van der Waals surface area contributed by atoms with Crippen LogP contribution in [0.25, 0.3) is 0 Å². The number of hydrogen-bond donors (Lipinski definition) is 3. The van der Waals surface area contributed by atoms with Crippen molar-refractivity contribution in [1.29, 1.82) is 0 Å². The Morgan fingerprint density at radius 1 is 1.56 bits per heavy atom. The van der Waals surface area contributed by atoms with Crippen LogP contribution in [0.1, 0.15) is 28.8 Å². The van der Waals surface area contributed by atoms with E-state index in [-0.39, 0.29) is 11.3 Å². The van der Waals surface area contributed by atoms with Gasteiger partial charge in [-0.1, -0.05) is 0 Å². The SMILES string of the molecule is COc1cc(O)c(C(=O)O)cc1CC1CCCN1.